The number of aromatic nitrogens is 1. The van der Waals surface area contributed by atoms with E-state index in [1.807, 2.05) is 32.0 Å². The van der Waals surface area contributed by atoms with Crippen molar-refractivity contribution in [1.29, 1.82) is 0 Å². The van der Waals surface area contributed by atoms with E-state index in [9.17, 15) is 13.2 Å². The number of benzene rings is 2. The topological polar surface area (TPSA) is 101 Å². The van der Waals surface area contributed by atoms with Gasteiger partial charge in [0.1, 0.15) is 11.4 Å². The third-order valence-corrected chi connectivity index (χ3v) is 6.18. The van der Waals surface area contributed by atoms with Crippen molar-refractivity contribution < 1.29 is 17.7 Å². The average molecular weight is 440 g/mol. The molecule has 0 aliphatic heterocycles. The van der Waals surface area contributed by atoms with Gasteiger partial charge in [0.05, 0.1) is 10.6 Å². The normalized spacial score (nSPS) is 11.6. The van der Waals surface area contributed by atoms with Gasteiger partial charge in [-0.2, -0.15) is 0 Å². The fourth-order valence-electron chi connectivity index (χ4n) is 2.98. The number of sulfonamides is 1. The van der Waals surface area contributed by atoms with Crippen molar-refractivity contribution in [2.24, 2.45) is 0 Å². The van der Waals surface area contributed by atoms with Crippen molar-refractivity contribution in [3.63, 3.8) is 0 Å². The van der Waals surface area contributed by atoms with Crippen LogP contribution in [0.1, 0.15) is 41.5 Å². The van der Waals surface area contributed by atoms with E-state index in [2.05, 4.69) is 15.2 Å². The van der Waals surface area contributed by atoms with Crippen LogP contribution in [0.3, 0.4) is 0 Å². The number of carbonyl (C=O) groups is 1. The third kappa shape index (κ3) is 5.21. The maximum Gasteiger partial charge on any atom is 0.261 e. The molecule has 31 heavy (non-hydrogen) atoms. The number of amides is 1. The zero-order chi connectivity index (χ0) is 22.6. The Morgan fingerprint density at radius 1 is 1.00 bits per heavy atom. The number of rotatable bonds is 7. The molecule has 0 saturated heterocycles. The molecule has 0 spiro atoms. The van der Waals surface area contributed by atoms with Crippen molar-refractivity contribution in [3.05, 3.63) is 70.6 Å². The Morgan fingerprint density at radius 3 is 2.26 bits per heavy atom. The van der Waals surface area contributed by atoms with Gasteiger partial charge in [0.25, 0.3) is 10.0 Å². The maximum absolute atomic E-state index is 12.8. The van der Waals surface area contributed by atoms with Crippen molar-refractivity contribution in [1.82, 2.24) is 5.16 Å². The molecule has 1 aromatic heterocycles. The Labute approximate surface area is 182 Å². The van der Waals surface area contributed by atoms with E-state index in [4.69, 9.17) is 4.52 Å². The van der Waals surface area contributed by atoms with Crippen LogP contribution in [0.4, 0.5) is 11.4 Å². The monoisotopic (exact) mass is 439 g/mol. The highest BCUT2D eigenvalue weighted by atomic mass is 32.2. The van der Waals surface area contributed by atoms with Crippen LogP contribution in [-0.4, -0.2) is 19.5 Å². The average Bonchev–Trinajstić information content (AvgIpc) is 3.09. The van der Waals surface area contributed by atoms with Crippen LogP contribution in [0.15, 0.2) is 51.9 Å². The first-order valence-electron chi connectivity index (χ1n) is 9.84. The summed E-state index contributed by atoms with van der Waals surface area (Å²) in [6, 6.07) is 12.1. The minimum absolute atomic E-state index is 0.133. The van der Waals surface area contributed by atoms with Crippen molar-refractivity contribution in [2.45, 2.75) is 39.0 Å². The molecule has 2 aromatic carbocycles. The Morgan fingerprint density at radius 2 is 1.65 bits per heavy atom. The molecule has 7 nitrogen and oxygen atoms in total. The molecule has 0 aliphatic rings. The Balaban J connectivity index is 1.79. The summed E-state index contributed by atoms with van der Waals surface area (Å²) in [7, 11) is -3.71. The Kier molecular flexibility index (Phi) is 6.60. The van der Waals surface area contributed by atoms with Gasteiger partial charge in [0.15, 0.2) is 5.76 Å². The highest BCUT2D eigenvalue weighted by molar-refractivity contribution is 7.92. The molecule has 0 saturated carbocycles. The number of anilines is 2. The molecule has 1 heterocycles. The minimum atomic E-state index is -3.71. The van der Waals surface area contributed by atoms with Gasteiger partial charge in [-0.25, -0.2) is 8.42 Å². The summed E-state index contributed by atoms with van der Waals surface area (Å²) < 4.78 is 33.5. The number of carbonyl (C=O) groups excluding carboxylic acids is 1. The summed E-state index contributed by atoms with van der Waals surface area (Å²) in [6.07, 6.45) is 3.79. The number of hydrogen-bond acceptors (Lipinski definition) is 5. The van der Waals surface area contributed by atoms with Gasteiger partial charge in [0, 0.05) is 6.42 Å². The highest BCUT2D eigenvalue weighted by Crippen LogP contribution is 2.25. The lowest BCUT2D eigenvalue weighted by atomic mass is 10.1. The number of para-hydroxylation sites is 1. The second-order valence-corrected chi connectivity index (χ2v) is 8.87. The van der Waals surface area contributed by atoms with Crippen LogP contribution in [0, 0.1) is 20.8 Å². The summed E-state index contributed by atoms with van der Waals surface area (Å²) in [5.41, 5.74) is 4.19. The van der Waals surface area contributed by atoms with E-state index in [0.29, 0.717) is 29.2 Å². The van der Waals surface area contributed by atoms with Crippen LogP contribution in [-0.2, 0) is 14.8 Å². The van der Waals surface area contributed by atoms with Gasteiger partial charge >= 0.3 is 0 Å². The molecule has 0 aliphatic carbocycles. The lowest BCUT2D eigenvalue weighted by Crippen LogP contribution is -2.14. The molecule has 2 N–H and O–H groups in total. The Hall–Kier alpha value is -3.39. The summed E-state index contributed by atoms with van der Waals surface area (Å²) >= 11 is 0. The van der Waals surface area contributed by atoms with Crippen LogP contribution < -0.4 is 10.0 Å². The third-order valence-electron chi connectivity index (χ3n) is 4.81. The standard InChI is InChI=1S/C23H25N3O4S/c1-5-21(27)24-23-17(4)25-30-20(23)14-11-18-9-12-19(13-10-18)31(28,29)26-22-15(2)7-6-8-16(22)3/h6-14,26H,5H2,1-4H3,(H,24,27)/b14-11-. The largest absolute Gasteiger partial charge is 0.354 e. The van der Waals surface area contributed by atoms with Crippen LogP contribution in [0.5, 0.6) is 0 Å². The van der Waals surface area contributed by atoms with Gasteiger partial charge in [-0.1, -0.05) is 48.5 Å². The second-order valence-electron chi connectivity index (χ2n) is 7.18. The van der Waals surface area contributed by atoms with E-state index in [1.165, 1.54) is 0 Å². The summed E-state index contributed by atoms with van der Waals surface area (Å²) in [6.45, 7) is 7.23. The van der Waals surface area contributed by atoms with E-state index in [0.717, 1.165) is 16.7 Å². The van der Waals surface area contributed by atoms with E-state index < -0.39 is 10.0 Å². The molecule has 3 rings (SSSR count). The van der Waals surface area contributed by atoms with Gasteiger partial charge in [0.2, 0.25) is 5.91 Å². The predicted octanol–water partition coefficient (Wildman–Crippen LogP) is 4.92. The molecular weight excluding hydrogens is 414 g/mol. The van der Waals surface area contributed by atoms with Gasteiger partial charge in [-0.15, -0.1) is 0 Å². The molecule has 0 atom stereocenters. The first-order chi connectivity index (χ1) is 14.7. The summed E-state index contributed by atoms with van der Waals surface area (Å²) in [4.78, 5) is 11.9. The number of nitrogens with zero attached hydrogens (tertiary/aromatic N) is 1. The molecule has 162 valence electrons. The van der Waals surface area contributed by atoms with E-state index >= 15 is 0 Å². The molecule has 0 fully saturated rings. The van der Waals surface area contributed by atoms with Crippen molar-refractivity contribution in [3.8, 4) is 0 Å². The molecular formula is C23H25N3O4S. The molecule has 1 amide bonds. The summed E-state index contributed by atoms with van der Waals surface area (Å²) in [5.74, 6) is 0.291. The van der Waals surface area contributed by atoms with Crippen LogP contribution >= 0.6 is 0 Å². The van der Waals surface area contributed by atoms with Gasteiger partial charge in [-0.05, 0) is 55.7 Å². The highest BCUT2D eigenvalue weighted by Gasteiger charge is 2.16. The molecule has 3 aromatic rings. The minimum Gasteiger partial charge on any atom is -0.354 e. The SMILES string of the molecule is CCC(=O)Nc1c(C)noc1/C=C\c1ccc(S(=O)(=O)Nc2c(C)cccc2C)cc1. The second kappa shape index (κ2) is 9.18. The zero-order valence-corrected chi connectivity index (χ0v) is 18.7. The molecule has 0 unspecified atom stereocenters. The molecule has 0 radical (unpaired) electrons. The molecule has 8 heteroatoms. The van der Waals surface area contributed by atoms with E-state index in [-0.39, 0.29) is 10.8 Å². The molecule has 0 bridgehead atoms. The predicted molar refractivity (Wildman–Crippen MR) is 122 cm³/mol. The van der Waals surface area contributed by atoms with Crippen molar-refractivity contribution >= 4 is 39.5 Å². The zero-order valence-electron chi connectivity index (χ0n) is 17.9. The fraction of sp³-hybridized carbons (Fsp3) is 0.217. The van der Waals surface area contributed by atoms with Crippen LogP contribution in [0.25, 0.3) is 12.2 Å². The van der Waals surface area contributed by atoms with Gasteiger partial charge < -0.3 is 9.84 Å². The van der Waals surface area contributed by atoms with Gasteiger partial charge in [-0.3, -0.25) is 9.52 Å². The first kappa shape index (κ1) is 22.3. The number of aryl methyl sites for hydroxylation is 3. The van der Waals surface area contributed by atoms with Crippen LogP contribution in [0.2, 0.25) is 0 Å². The smallest absolute Gasteiger partial charge is 0.261 e. The number of hydrogen-bond donors (Lipinski definition) is 2. The van der Waals surface area contributed by atoms with E-state index in [1.54, 1.807) is 50.3 Å². The first-order valence-corrected chi connectivity index (χ1v) is 11.3. The quantitative estimate of drug-likeness (QED) is 0.544. The summed E-state index contributed by atoms with van der Waals surface area (Å²) in [5, 5.41) is 6.66. The maximum atomic E-state index is 12.8. The lowest BCUT2D eigenvalue weighted by molar-refractivity contribution is -0.115. The fourth-order valence-corrected chi connectivity index (χ4v) is 4.18. The lowest BCUT2D eigenvalue weighted by Gasteiger charge is -2.13. The van der Waals surface area contributed by atoms with Crippen molar-refractivity contribution in [2.75, 3.05) is 10.0 Å². The Bertz CT molecular complexity index is 1210. The number of nitrogens with one attached hydrogen (secondary N) is 2.